The van der Waals surface area contributed by atoms with Gasteiger partial charge in [-0.25, -0.2) is 0 Å². The number of carbonyl (C=O) groups excluding carboxylic acids is 1. The Kier molecular flexibility index (Phi) is 11.5. The van der Waals surface area contributed by atoms with Gasteiger partial charge in [-0.2, -0.15) is 0 Å². The monoisotopic (exact) mass is 612 g/mol. The van der Waals surface area contributed by atoms with Crippen LogP contribution in [0.15, 0.2) is 72.8 Å². The van der Waals surface area contributed by atoms with Gasteiger partial charge in [0.15, 0.2) is 52.6 Å². The van der Waals surface area contributed by atoms with Crippen molar-refractivity contribution < 1.29 is 60.2 Å². The van der Waals surface area contributed by atoms with E-state index in [9.17, 15) is 40.5 Å². The van der Waals surface area contributed by atoms with Crippen molar-refractivity contribution >= 4 is 11.6 Å². The van der Waals surface area contributed by atoms with Gasteiger partial charge in [-0.15, -0.1) is 0 Å². The van der Waals surface area contributed by atoms with Crippen LogP contribution in [0.1, 0.15) is 5.56 Å². The van der Waals surface area contributed by atoms with E-state index >= 15 is 0 Å². The van der Waals surface area contributed by atoms with Crippen molar-refractivity contribution in [1.82, 2.24) is 5.32 Å². The third-order valence-corrected chi connectivity index (χ3v) is 5.71. The minimum atomic E-state index is -0.781. The molecule has 234 valence electrons. The lowest BCUT2D eigenvalue weighted by Gasteiger charge is -2.14. The first-order valence-corrected chi connectivity index (χ1v) is 12.9. The molecule has 0 fully saturated rings. The molecule has 14 heteroatoms. The number of aromatic hydroxyl groups is 8. The van der Waals surface area contributed by atoms with Gasteiger partial charge in [0.25, 0.3) is 5.91 Å². The standard InChI is InChI=1S/C16H19NO6.C14H13NO6/c18-11(9-23-12-2-4-14(20)16(22)6-12)8-17-7-10-1-3-13(19)15(21)5-10;16-10-3-1-8(5-12(10)18)15-14(20)7-21-9-2-4-11(17)13(19)6-9/h1-6,11,17-22H,7-9H2;1-6,16-19H,7H2,(H,15,20). The second-order valence-electron chi connectivity index (χ2n) is 9.26. The van der Waals surface area contributed by atoms with Crippen molar-refractivity contribution in [2.45, 2.75) is 12.6 Å². The first-order chi connectivity index (χ1) is 20.9. The fourth-order valence-corrected chi connectivity index (χ4v) is 3.45. The summed E-state index contributed by atoms with van der Waals surface area (Å²) < 4.78 is 10.4. The second kappa shape index (κ2) is 15.5. The van der Waals surface area contributed by atoms with Gasteiger partial charge >= 0.3 is 0 Å². The largest absolute Gasteiger partial charge is 0.504 e. The molecular formula is C30H32N2O12. The molecule has 0 aromatic heterocycles. The van der Waals surface area contributed by atoms with E-state index in [1.54, 1.807) is 6.07 Å². The van der Waals surface area contributed by atoms with Crippen LogP contribution >= 0.6 is 0 Å². The van der Waals surface area contributed by atoms with Gasteiger partial charge in [0.2, 0.25) is 0 Å². The molecule has 11 N–H and O–H groups in total. The molecule has 0 saturated heterocycles. The summed E-state index contributed by atoms with van der Waals surface area (Å²) in [4.78, 5) is 11.6. The molecule has 1 unspecified atom stereocenters. The summed E-state index contributed by atoms with van der Waals surface area (Å²) in [5, 5.41) is 89.2. The molecule has 0 bridgehead atoms. The Morgan fingerprint density at radius 1 is 0.614 bits per heavy atom. The van der Waals surface area contributed by atoms with Crippen molar-refractivity contribution in [3.63, 3.8) is 0 Å². The number of aliphatic hydroxyl groups excluding tert-OH is 1. The number of benzene rings is 4. The summed E-state index contributed by atoms with van der Waals surface area (Å²) in [5.74, 6) is -2.12. The van der Waals surface area contributed by atoms with Crippen molar-refractivity contribution in [3.05, 3.63) is 78.4 Å². The molecule has 0 heterocycles. The van der Waals surface area contributed by atoms with Crippen LogP contribution in [0.25, 0.3) is 0 Å². The van der Waals surface area contributed by atoms with E-state index in [0.29, 0.717) is 18.0 Å². The van der Waals surface area contributed by atoms with Gasteiger partial charge in [-0.05, 0) is 54.1 Å². The van der Waals surface area contributed by atoms with Crippen LogP contribution in [0.4, 0.5) is 5.69 Å². The molecule has 4 aromatic rings. The van der Waals surface area contributed by atoms with Gasteiger partial charge in [-0.3, -0.25) is 4.79 Å². The number of aliphatic hydroxyl groups is 1. The number of rotatable bonds is 11. The Hall–Kier alpha value is -5.73. The summed E-state index contributed by atoms with van der Waals surface area (Å²) in [6.45, 7) is 0.348. The Balaban J connectivity index is 0.000000241. The van der Waals surface area contributed by atoms with Crippen LogP contribution in [0.2, 0.25) is 0 Å². The van der Waals surface area contributed by atoms with E-state index in [0.717, 1.165) is 5.56 Å². The quantitative estimate of drug-likeness (QED) is 0.0863. The van der Waals surface area contributed by atoms with Crippen LogP contribution in [-0.2, 0) is 11.3 Å². The number of hydrogen-bond donors (Lipinski definition) is 11. The van der Waals surface area contributed by atoms with Gasteiger partial charge in [-0.1, -0.05) is 6.07 Å². The first kappa shape index (κ1) is 32.8. The van der Waals surface area contributed by atoms with Gasteiger partial charge in [0, 0.05) is 37.0 Å². The maximum Gasteiger partial charge on any atom is 0.262 e. The topological polar surface area (TPSA) is 242 Å². The van der Waals surface area contributed by atoms with E-state index in [1.807, 2.05) is 0 Å². The summed E-state index contributed by atoms with van der Waals surface area (Å²) in [7, 11) is 0. The fourth-order valence-electron chi connectivity index (χ4n) is 3.45. The highest BCUT2D eigenvalue weighted by atomic mass is 16.5. The Morgan fingerprint density at radius 3 is 1.66 bits per heavy atom. The van der Waals surface area contributed by atoms with E-state index in [1.165, 1.54) is 66.7 Å². The molecule has 0 aliphatic carbocycles. The highest BCUT2D eigenvalue weighted by Gasteiger charge is 2.09. The van der Waals surface area contributed by atoms with Gasteiger partial charge < -0.3 is 66.1 Å². The number of carbonyl (C=O) groups is 1. The number of phenols is 8. The summed E-state index contributed by atoms with van der Waals surface area (Å²) in [6.07, 6.45) is -0.781. The lowest BCUT2D eigenvalue weighted by atomic mass is 10.2. The highest BCUT2D eigenvalue weighted by Crippen LogP contribution is 2.30. The Morgan fingerprint density at radius 2 is 1.11 bits per heavy atom. The maximum atomic E-state index is 11.6. The average Bonchev–Trinajstić information content (AvgIpc) is 2.98. The molecule has 1 atom stereocenters. The van der Waals surface area contributed by atoms with E-state index in [2.05, 4.69) is 10.6 Å². The van der Waals surface area contributed by atoms with Crippen LogP contribution in [0, 0.1) is 0 Å². The predicted octanol–water partition coefficient (Wildman–Crippen LogP) is 2.57. The third-order valence-electron chi connectivity index (χ3n) is 5.71. The normalized spacial score (nSPS) is 11.1. The molecule has 4 aromatic carbocycles. The summed E-state index contributed by atoms with van der Waals surface area (Å²) >= 11 is 0. The first-order valence-electron chi connectivity index (χ1n) is 12.9. The van der Waals surface area contributed by atoms with Crippen LogP contribution in [0.3, 0.4) is 0 Å². The van der Waals surface area contributed by atoms with Crippen molar-refractivity contribution in [3.8, 4) is 57.5 Å². The molecular weight excluding hydrogens is 580 g/mol. The minimum Gasteiger partial charge on any atom is -0.504 e. The maximum absolute atomic E-state index is 11.6. The van der Waals surface area contributed by atoms with Crippen LogP contribution in [0.5, 0.6) is 57.5 Å². The molecule has 14 nitrogen and oxygen atoms in total. The third kappa shape index (κ3) is 10.3. The van der Waals surface area contributed by atoms with E-state index in [4.69, 9.17) is 19.7 Å². The summed E-state index contributed by atoms with van der Waals surface area (Å²) in [5.41, 5.74) is 1.06. The Bertz CT molecular complexity index is 1560. The number of amides is 1. The number of phenolic OH excluding ortho intramolecular Hbond substituents is 8. The number of ether oxygens (including phenoxy) is 2. The molecule has 1 amide bonds. The smallest absolute Gasteiger partial charge is 0.262 e. The predicted molar refractivity (Wildman–Crippen MR) is 156 cm³/mol. The zero-order chi connectivity index (χ0) is 32.2. The zero-order valence-electron chi connectivity index (χ0n) is 23.1. The average molecular weight is 613 g/mol. The summed E-state index contributed by atoms with van der Waals surface area (Å²) in [6, 6.07) is 16.2. The lowest BCUT2D eigenvalue weighted by Crippen LogP contribution is -2.31. The number of anilines is 1. The van der Waals surface area contributed by atoms with Crippen molar-refractivity contribution in [1.29, 1.82) is 0 Å². The van der Waals surface area contributed by atoms with Crippen molar-refractivity contribution in [2.24, 2.45) is 0 Å². The van der Waals surface area contributed by atoms with E-state index in [-0.39, 0.29) is 71.5 Å². The fraction of sp³-hybridized carbons (Fsp3) is 0.167. The van der Waals surface area contributed by atoms with Crippen molar-refractivity contribution in [2.75, 3.05) is 25.1 Å². The molecule has 44 heavy (non-hydrogen) atoms. The highest BCUT2D eigenvalue weighted by molar-refractivity contribution is 5.92. The molecule has 0 aliphatic heterocycles. The van der Waals surface area contributed by atoms with E-state index < -0.39 is 12.0 Å². The lowest BCUT2D eigenvalue weighted by molar-refractivity contribution is -0.118. The molecule has 0 saturated carbocycles. The second-order valence-corrected chi connectivity index (χ2v) is 9.26. The van der Waals surface area contributed by atoms with Crippen LogP contribution < -0.4 is 20.1 Å². The minimum absolute atomic E-state index is 0.0119. The molecule has 0 aliphatic rings. The molecule has 0 radical (unpaired) electrons. The number of nitrogens with one attached hydrogen (secondary N) is 2. The molecule has 0 spiro atoms. The van der Waals surface area contributed by atoms with Crippen LogP contribution in [-0.4, -0.2) is 77.7 Å². The molecule has 4 rings (SSSR count). The number of hydrogen-bond acceptors (Lipinski definition) is 13. The zero-order valence-corrected chi connectivity index (χ0v) is 23.1. The van der Waals surface area contributed by atoms with Gasteiger partial charge in [0.05, 0.1) is 0 Å². The van der Waals surface area contributed by atoms with Gasteiger partial charge in [0.1, 0.15) is 24.2 Å². The Labute approximate surface area is 250 Å². The SMILES string of the molecule is O=C(COc1ccc(O)c(O)c1)Nc1ccc(O)c(O)c1.Oc1ccc(CNCC(O)COc2ccc(O)c(O)c2)cc1O.